The van der Waals surface area contributed by atoms with Crippen LogP contribution < -0.4 is 10.5 Å². The van der Waals surface area contributed by atoms with Crippen molar-refractivity contribution in [1.29, 1.82) is 0 Å². The van der Waals surface area contributed by atoms with E-state index in [0.717, 1.165) is 25.3 Å². The Morgan fingerprint density at radius 3 is 3.17 bits per heavy atom. The normalized spacial score (nSPS) is 27.9. The van der Waals surface area contributed by atoms with Crippen molar-refractivity contribution >= 4 is 0 Å². The number of ether oxygens (including phenoxy) is 1. The molecule has 3 rings (SSSR count). The number of benzene rings is 1. The maximum Gasteiger partial charge on any atom is 0.122 e. The van der Waals surface area contributed by atoms with Crippen LogP contribution in [-0.4, -0.2) is 31.6 Å². The molecule has 98 valence electrons. The number of fused-ring (bicyclic) bond motifs is 1. The Kier molecular flexibility index (Phi) is 3.27. The largest absolute Gasteiger partial charge is 0.493 e. The van der Waals surface area contributed by atoms with Crippen molar-refractivity contribution in [2.75, 3.05) is 26.7 Å². The number of hydrogen-bond acceptors (Lipinski definition) is 3. The van der Waals surface area contributed by atoms with E-state index in [9.17, 15) is 0 Å². The third-order valence-corrected chi connectivity index (χ3v) is 4.37. The van der Waals surface area contributed by atoms with E-state index >= 15 is 0 Å². The second kappa shape index (κ2) is 4.90. The summed E-state index contributed by atoms with van der Waals surface area (Å²) in [6.45, 7) is 2.77. The van der Waals surface area contributed by atoms with E-state index in [1.807, 2.05) is 0 Å². The summed E-state index contributed by atoms with van der Waals surface area (Å²) in [4.78, 5) is 2.44. The third-order valence-electron chi connectivity index (χ3n) is 4.37. The molecule has 0 bridgehead atoms. The Hall–Kier alpha value is -1.06. The topological polar surface area (TPSA) is 38.5 Å². The summed E-state index contributed by atoms with van der Waals surface area (Å²) < 4.78 is 5.68. The maximum absolute atomic E-state index is 5.95. The van der Waals surface area contributed by atoms with Crippen LogP contribution in [-0.2, 0) is 6.42 Å². The quantitative estimate of drug-likeness (QED) is 0.867. The van der Waals surface area contributed by atoms with Crippen molar-refractivity contribution < 1.29 is 4.74 Å². The van der Waals surface area contributed by atoms with Crippen LogP contribution in [0.1, 0.15) is 30.0 Å². The molecule has 0 aromatic heterocycles. The summed E-state index contributed by atoms with van der Waals surface area (Å²) in [5, 5.41) is 0. The minimum Gasteiger partial charge on any atom is -0.493 e. The van der Waals surface area contributed by atoms with E-state index in [4.69, 9.17) is 10.5 Å². The average Bonchev–Trinajstić information content (AvgIpc) is 2.85. The fourth-order valence-electron chi connectivity index (χ4n) is 3.40. The van der Waals surface area contributed by atoms with Gasteiger partial charge < -0.3 is 10.5 Å². The molecule has 0 saturated carbocycles. The average molecular weight is 246 g/mol. The molecule has 1 saturated heterocycles. The zero-order valence-corrected chi connectivity index (χ0v) is 11.1. The summed E-state index contributed by atoms with van der Waals surface area (Å²) >= 11 is 0. The van der Waals surface area contributed by atoms with Crippen LogP contribution in [0.2, 0.25) is 0 Å². The molecule has 2 heterocycles. The van der Waals surface area contributed by atoms with Crippen molar-refractivity contribution in [2.24, 2.45) is 11.7 Å². The van der Waals surface area contributed by atoms with Crippen LogP contribution in [0, 0.1) is 5.92 Å². The molecule has 0 aliphatic carbocycles. The second-order valence-corrected chi connectivity index (χ2v) is 5.53. The molecule has 1 fully saturated rings. The maximum atomic E-state index is 5.95. The zero-order chi connectivity index (χ0) is 12.5. The van der Waals surface area contributed by atoms with E-state index in [1.54, 1.807) is 0 Å². The molecule has 0 radical (unpaired) electrons. The minimum absolute atomic E-state index is 0.457. The van der Waals surface area contributed by atoms with Crippen molar-refractivity contribution in [3.63, 3.8) is 0 Å². The lowest BCUT2D eigenvalue weighted by atomic mass is 9.84. The highest BCUT2D eigenvalue weighted by Gasteiger charge is 2.30. The molecular formula is C15H22N2O. The molecule has 2 N–H and O–H groups in total. The van der Waals surface area contributed by atoms with Crippen LogP contribution in [0.5, 0.6) is 5.75 Å². The predicted octanol–water partition coefficient (Wildman–Crippen LogP) is 1.96. The highest BCUT2D eigenvalue weighted by Crippen LogP contribution is 2.37. The fourth-order valence-corrected chi connectivity index (χ4v) is 3.40. The van der Waals surface area contributed by atoms with Gasteiger partial charge in [0.2, 0.25) is 0 Å². The molecule has 2 aliphatic rings. The van der Waals surface area contributed by atoms with Gasteiger partial charge in [-0.05, 0) is 56.1 Å². The standard InChI is InChI=1S/C15H22N2O/c1-17-7-2-3-13(10-16)15(17)12-5-4-11-6-8-18-14(11)9-12/h4-5,9,13,15H,2-3,6-8,10,16H2,1H3/t13-,15-/m1/s1. The third kappa shape index (κ3) is 2.02. The summed E-state index contributed by atoms with van der Waals surface area (Å²) in [7, 11) is 2.21. The van der Waals surface area contributed by atoms with Gasteiger partial charge in [0.05, 0.1) is 6.61 Å². The van der Waals surface area contributed by atoms with E-state index in [-0.39, 0.29) is 0 Å². The monoisotopic (exact) mass is 246 g/mol. The number of rotatable bonds is 2. The van der Waals surface area contributed by atoms with Crippen LogP contribution in [0.4, 0.5) is 0 Å². The highest BCUT2D eigenvalue weighted by atomic mass is 16.5. The van der Waals surface area contributed by atoms with Gasteiger partial charge in [0.1, 0.15) is 5.75 Å². The van der Waals surface area contributed by atoms with Crippen molar-refractivity contribution in [3.8, 4) is 5.75 Å². The van der Waals surface area contributed by atoms with Gasteiger partial charge in [0, 0.05) is 12.5 Å². The van der Waals surface area contributed by atoms with Crippen LogP contribution in [0.3, 0.4) is 0 Å². The van der Waals surface area contributed by atoms with Gasteiger partial charge in [0.15, 0.2) is 0 Å². The van der Waals surface area contributed by atoms with Crippen molar-refractivity contribution in [2.45, 2.75) is 25.3 Å². The van der Waals surface area contributed by atoms with E-state index in [1.165, 1.54) is 30.5 Å². The summed E-state index contributed by atoms with van der Waals surface area (Å²) in [5.74, 6) is 1.66. The number of nitrogens with zero attached hydrogens (tertiary/aromatic N) is 1. The lowest BCUT2D eigenvalue weighted by Crippen LogP contribution is -2.39. The zero-order valence-electron chi connectivity index (χ0n) is 11.1. The summed E-state index contributed by atoms with van der Waals surface area (Å²) in [6.07, 6.45) is 3.55. The lowest BCUT2D eigenvalue weighted by molar-refractivity contribution is 0.125. The Balaban J connectivity index is 1.91. The first-order chi connectivity index (χ1) is 8.79. The SMILES string of the molecule is CN1CCC[C@H](CN)[C@H]1c1ccc2c(c1)OCC2. The molecule has 2 atom stereocenters. The molecule has 1 aromatic carbocycles. The van der Waals surface area contributed by atoms with Crippen LogP contribution in [0.25, 0.3) is 0 Å². The predicted molar refractivity (Wildman–Crippen MR) is 72.8 cm³/mol. The Morgan fingerprint density at radius 2 is 2.33 bits per heavy atom. The number of likely N-dealkylation sites (tertiary alicyclic amines) is 1. The van der Waals surface area contributed by atoms with Gasteiger partial charge in [-0.3, -0.25) is 4.90 Å². The smallest absolute Gasteiger partial charge is 0.122 e. The van der Waals surface area contributed by atoms with Gasteiger partial charge in [-0.15, -0.1) is 0 Å². The second-order valence-electron chi connectivity index (χ2n) is 5.53. The first-order valence-electron chi connectivity index (χ1n) is 6.95. The van der Waals surface area contributed by atoms with Gasteiger partial charge in [-0.2, -0.15) is 0 Å². The van der Waals surface area contributed by atoms with Crippen LogP contribution in [0.15, 0.2) is 18.2 Å². The minimum atomic E-state index is 0.457. The number of piperidine rings is 1. The van der Waals surface area contributed by atoms with Gasteiger partial charge in [-0.1, -0.05) is 12.1 Å². The Labute approximate surface area is 109 Å². The summed E-state index contributed by atoms with van der Waals surface area (Å²) in [5.41, 5.74) is 8.67. The van der Waals surface area contributed by atoms with Gasteiger partial charge in [0.25, 0.3) is 0 Å². The molecule has 3 heteroatoms. The molecule has 0 amide bonds. The van der Waals surface area contributed by atoms with E-state index < -0.39 is 0 Å². The molecular weight excluding hydrogens is 224 g/mol. The van der Waals surface area contributed by atoms with Gasteiger partial charge in [-0.25, -0.2) is 0 Å². The summed E-state index contributed by atoms with van der Waals surface area (Å²) in [6, 6.07) is 7.19. The Bertz CT molecular complexity index is 433. The first kappa shape index (κ1) is 12.0. The van der Waals surface area contributed by atoms with Crippen molar-refractivity contribution in [1.82, 2.24) is 4.90 Å². The molecule has 0 spiro atoms. The van der Waals surface area contributed by atoms with E-state index in [2.05, 4.69) is 30.1 Å². The van der Waals surface area contributed by atoms with Crippen molar-refractivity contribution in [3.05, 3.63) is 29.3 Å². The molecule has 3 nitrogen and oxygen atoms in total. The molecule has 18 heavy (non-hydrogen) atoms. The highest BCUT2D eigenvalue weighted by molar-refractivity contribution is 5.41. The fraction of sp³-hybridized carbons (Fsp3) is 0.600. The Morgan fingerprint density at radius 1 is 1.44 bits per heavy atom. The first-order valence-corrected chi connectivity index (χ1v) is 6.95. The number of hydrogen-bond donors (Lipinski definition) is 1. The van der Waals surface area contributed by atoms with E-state index in [0.29, 0.717) is 12.0 Å². The molecule has 1 aromatic rings. The van der Waals surface area contributed by atoms with Crippen LogP contribution >= 0.6 is 0 Å². The molecule has 2 aliphatic heterocycles. The molecule has 0 unspecified atom stereocenters. The van der Waals surface area contributed by atoms with Gasteiger partial charge >= 0.3 is 0 Å². The number of nitrogens with two attached hydrogens (primary N) is 1. The lowest BCUT2D eigenvalue weighted by Gasteiger charge is -2.39.